The molecule has 0 saturated heterocycles. The molecule has 8 heteroatoms. The average molecular weight is 399 g/mol. The number of benzene rings is 1. The SMILES string of the molecule is Cc1ccc(Nc2c(C(=O)N[O-])c3cccnc3n2C)c(F)c1.[Rb+]. The number of halogens is 1. The summed E-state index contributed by atoms with van der Waals surface area (Å²) in [6.45, 7) is 1.78. The molecule has 1 amide bonds. The average Bonchev–Trinajstić information content (AvgIpc) is 2.82. The fraction of sp³-hybridized carbons (Fsp3) is 0.125. The third-order valence-electron chi connectivity index (χ3n) is 3.64. The van der Waals surface area contributed by atoms with Crippen molar-refractivity contribution >= 4 is 28.4 Å². The van der Waals surface area contributed by atoms with E-state index in [1.54, 1.807) is 49.0 Å². The van der Waals surface area contributed by atoms with Gasteiger partial charge < -0.3 is 20.6 Å². The van der Waals surface area contributed by atoms with Crippen LogP contribution in [0.15, 0.2) is 36.5 Å². The largest absolute Gasteiger partial charge is 1.00 e. The number of fused-ring (bicyclic) bond motifs is 1. The van der Waals surface area contributed by atoms with Crippen molar-refractivity contribution in [3.63, 3.8) is 0 Å². The van der Waals surface area contributed by atoms with Crippen LogP contribution in [0.1, 0.15) is 15.9 Å². The summed E-state index contributed by atoms with van der Waals surface area (Å²) in [6.07, 6.45) is 1.58. The van der Waals surface area contributed by atoms with Crippen LogP contribution in [0.25, 0.3) is 11.0 Å². The van der Waals surface area contributed by atoms with E-state index in [0.717, 1.165) is 5.56 Å². The Morgan fingerprint density at radius 3 is 2.75 bits per heavy atom. The summed E-state index contributed by atoms with van der Waals surface area (Å²) < 4.78 is 15.7. The summed E-state index contributed by atoms with van der Waals surface area (Å²) in [4.78, 5) is 16.2. The Kier molecular flexibility index (Phi) is 6.27. The molecule has 0 aliphatic heterocycles. The van der Waals surface area contributed by atoms with Crippen LogP contribution in [0.2, 0.25) is 0 Å². The van der Waals surface area contributed by atoms with Crippen LogP contribution in [-0.2, 0) is 7.05 Å². The zero-order chi connectivity index (χ0) is 16.6. The Morgan fingerprint density at radius 2 is 2.08 bits per heavy atom. The van der Waals surface area contributed by atoms with Crippen molar-refractivity contribution in [3.05, 3.63) is 58.7 Å². The molecule has 118 valence electrons. The second-order valence-corrected chi connectivity index (χ2v) is 5.20. The molecule has 0 bridgehead atoms. The maximum Gasteiger partial charge on any atom is 1.00 e. The zero-order valence-corrected chi connectivity index (χ0v) is 18.5. The molecule has 0 radical (unpaired) electrons. The first-order valence-electron chi connectivity index (χ1n) is 6.92. The predicted octanol–water partition coefficient (Wildman–Crippen LogP) is -0.00398. The van der Waals surface area contributed by atoms with Gasteiger partial charge in [-0.2, -0.15) is 0 Å². The van der Waals surface area contributed by atoms with Gasteiger partial charge in [-0.05, 0) is 36.8 Å². The first-order chi connectivity index (χ1) is 11.0. The molecular weight excluding hydrogens is 385 g/mol. The Morgan fingerprint density at radius 1 is 1.33 bits per heavy atom. The molecule has 2 aromatic heterocycles. The van der Waals surface area contributed by atoms with E-state index in [4.69, 9.17) is 0 Å². The number of carbonyl (C=O) groups excluding carboxylic acids is 1. The van der Waals surface area contributed by atoms with E-state index in [0.29, 0.717) is 16.9 Å². The van der Waals surface area contributed by atoms with Gasteiger partial charge in [-0.3, -0.25) is 4.79 Å². The number of nitrogens with zero attached hydrogens (tertiary/aromatic N) is 2. The number of carbonyl (C=O) groups is 1. The molecule has 2 heterocycles. The van der Waals surface area contributed by atoms with Gasteiger partial charge in [0.25, 0.3) is 0 Å². The number of hydroxylamine groups is 1. The molecule has 0 aliphatic rings. The Balaban J connectivity index is 0.00000208. The molecule has 6 nitrogen and oxygen atoms in total. The van der Waals surface area contributed by atoms with Crippen molar-refractivity contribution in [1.82, 2.24) is 15.0 Å². The molecule has 0 saturated carbocycles. The molecule has 0 fully saturated rings. The molecule has 2 N–H and O–H groups in total. The van der Waals surface area contributed by atoms with Crippen molar-refractivity contribution in [1.29, 1.82) is 0 Å². The van der Waals surface area contributed by atoms with E-state index in [-0.39, 0.29) is 69.4 Å². The van der Waals surface area contributed by atoms with E-state index < -0.39 is 11.7 Å². The summed E-state index contributed by atoms with van der Waals surface area (Å²) in [5.41, 5.74) is 3.01. The third-order valence-corrected chi connectivity index (χ3v) is 3.64. The van der Waals surface area contributed by atoms with Gasteiger partial charge in [0, 0.05) is 18.6 Å². The van der Waals surface area contributed by atoms with Gasteiger partial charge in [0.15, 0.2) is 0 Å². The van der Waals surface area contributed by atoms with E-state index in [1.165, 1.54) is 11.5 Å². The smallest absolute Gasteiger partial charge is 0.759 e. The van der Waals surface area contributed by atoms with Crippen LogP contribution in [0.5, 0.6) is 0 Å². The standard InChI is InChI=1S/C16H14FN4O2.Rb/c1-9-5-6-12(11(17)8-9)19-15-13(16(22)20-23)10-4-3-7-18-14(10)21(15)2;/h3-8H,1-2H3,(H2-,19,20,22,23);/q-1;+1. The van der Waals surface area contributed by atoms with Gasteiger partial charge in [-0.25, -0.2) is 9.37 Å². The number of nitrogens with one attached hydrogen (secondary N) is 2. The topological polar surface area (TPSA) is 82.0 Å². The normalized spacial score (nSPS) is 10.3. The molecule has 24 heavy (non-hydrogen) atoms. The Labute approximate surface area is 186 Å². The molecule has 3 aromatic rings. The van der Waals surface area contributed by atoms with Gasteiger partial charge in [0.2, 0.25) is 5.91 Å². The number of aryl methyl sites for hydroxylation is 2. The number of hydrogen-bond acceptors (Lipinski definition) is 4. The Bertz CT molecular complexity index is 910. The van der Waals surface area contributed by atoms with E-state index in [9.17, 15) is 14.4 Å². The van der Waals surface area contributed by atoms with Crippen molar-refractivity contribution in [2.24, 2.45) is 7.05 Å². The van der Waals surface area contributed by atoms with Gasteiger partial charge in [-0.1, -0.05) is 6.07 Å². The third kappa shape index (κ3) is 3.45. The fourth-order valence-electron chi connectivity index (χ4n) is 2.54. The summed E-state index contributed by atoms with van der Waals surface area (Å²) in [7, 11) is 1.69. The molecule has 0 atom stereocenters. The number of rotatable bonds is 3. The zero-order valence-electron chi connectivity index (χ0n) is 13.6. The minimum absolute atomic E-state index is 0. The van der Waals surface area contributed by atoms with E-state index in [1.807, 2.05) is 0 Å². The van der Waals surface area contributed by atoms with Crippen molar-refractivity contribution in [2.75, 3.05) is 5.32 Å². The molecule has 1 aromatic carbocycles. The maximum atomic E-state index is 14.1. The maximum absolute atomic E-state index is 14.1. The second kappa shape index (κ2) is 7.84. The van der Waals surface area contributed by atoms with E-state index in [2.05, 4.69) is 10.3 Å². The Hall–Kier alpha value is -1.12. The number of hydrogen-bond donors (Lipinski definition) is 2. The van der Waals surface area contributed by atoms with Crippen LogP contribution in [0.4, 0.5) is 15.9 Å². The van der Waals surface area contributed by atoms with Gasteiger partial charge in [0.1, 0.15) is 17.3 Å². The minimum Gasteiger partial charge on any atom is -0.759 e. The number of anilines is 2. The van der Waals surface area contributed by atoms with E-state index >= 15 is 0 Å². The monoisotopic (exact) mass is 398 g/mol. The van der Waals surface area contributed by atoms with Crippen LogP contribution in [0, 0.1) is 17.9 Å². The van der Waals surface area contributed by atoms with Crippen LogP contribution in [0.3, 0.4) is 0 Å². The first-order valence-corrected chi connectivity index (χ1v) is 6.92. The summed E-state index contributed by atoms with van der Waals surface area (Å²) in [5, 5.41) is 14.3. The minimum atomic E-state index is -0.807. The van der Waals surface area contributed by atoms with Gasteiger partial charge in [-0.15, -0.1) is 0 Å². The summed E-state index contributed by atoms with van der Waals surface area (Å²) in [6, 6.07) is 8.06. The van der Waals surface area contributed by atoms with Gasteiger partial charge in [0.05, 0.1) is 11.3 Å². The second-order valence-electron chi connectivity index (χ2n) is 5.20. The first kappa shape index (κ1) is 19.2. The molecule has 0 aliphatic carbocycles. The predicted molar refractivity (Wildman–Crippen MR) is 86.0 cm³/mol. The molecule has 0 unspecified atom stereocenters. The number of amides is 1. The van der Waals surface area contributed by atoms with Crippen molar-refractivity contribution in [2.45, 2.75) is 6.92 Å². The number of pyridine rings is 1. The van der Waals surface area contributed by atoms with Gasteiger partial charge >= 0.3 is 58.2 Å². The van der Waals surface area contributed by atoms with Crippen LogP contribution in [-0.4, -0.2) is 15.5 Å². The fourth-order valence-corrected chi connectivity index (χ4v) is 2.54. The quantitative estimate of drug-likeness (QED) is 0.608. The molecule has 0 spiro atoms. The van der Waals surface area contributed by atoms with Crippen LogP contribution >= 0.6 is 0 Å². The van der Waals surface area contributed by atoms with Crippen molar-refractivity contribution in [3.8, 4) is 0 Å². The molecular formula is C16H14FN4O2Rb. The summed E-state index contributed by atoms with van der Waals surface area (Å²) >= 11 is 0. The van der Waals surface area contributed by atoms with Crippen molar-refractivity contribution < 1.29 is 67.4 Å². The molecule has 3 rings (SSSR count). The number of aromatic nitrogens is 2. The van der Waals surface area contributed by atoms with Crippen LogP contribution < -0.4 is 69.0 Å². The summed E-state index contributed by atoms with van der Waals surface area (Å²) in [5.74, 6) is -0.954.